The van der Waals surface area contributed by atoms with Crippen LogP contribution in [0.3, 0.4) is 0 Å². The third kappa shape index (κ3) is 3.21. The van der Waals surface area contributed by atoms with Crippen molar-refractivity contribution < 1.29 is 9.13 Å². The second kappa shape index (κ2) is 6.59. The summed E-state index contributed by atoms with van der Waals surface area (Å²) in [5.74, 6) is 0.451. The molecule has 5 heteroatoms. The van der Waals surface area contributed by atoms with Crippen LogP contribution in [-0.2, 0) is 6.42 Å². The Hall–Kier alpha value is -1.71. The summed E-state index contributed by atoms with van der Waals surface area (Å²) in [6.07, 6.45) is 4.37. The number of ether oxygens (including phenoxy) is 1. The summed E-state index contributed by atoms with van der Waals surface area (Å²) in [7, 11) is 0. The second-order valence-electron chi connectivity index (χ2n) is 4.86. The van der Waals surface area contributed by atoms with E-state index in [0.717, 1.165) is 16.5 Å². The number of hydrogen-bond donors (Lipinski definition) is 1. The van der Waals surface area contributed by atoms with E-state index in [1.165, 1.54) is 12.1 Å². The van der Waals surface area contributed by atoms with Gasteiger partial charge in [0.2, 0.25) is 0 Å². The molecule has 0 aliphatic carbocycles. The number of rotatable bonds is 5. The molecule has 2 aromatic carbocycles. The number of hydrogen-bond acceptors (Lipinski definition) is 1. The van der Waals surface area contributed by atoms with Crippen LogP contribution in [0.1, 0.15) is 5.56 Å². The summed E-state index contributed by atoms with van der Waals surface area (Å²) in [4.78, 5) is 3.03. The Morgan fingerprint density at radius 3 is 2.59 bits per heavy atom. The van der Waals surface area contributed by atoms with Gasteiger partial charge in [-0.05, 0) is 36.2 Å². The Labute approximate surface area is 137 Å². The average Bonchev–Trinajstić information content (AvgIpc) is 2.91. The normalized spacial score (nSPS) is 11.0. The average molecular weight is 337 g/mol. The van der Waals surface area contributed by atoms with Gasteiger partial charge in [-0.2, -0.15) is 0 Å². The number of aromatic nitrogens is 1. The molecule has 113 valence electrons. The lowest BCUT2D eigenvalue weighted by Gasteiger charge is -2.08. The van der Waals surface area contributed by atoms with E-state index in [-0.39, 0.29) is 5.82 Å². The standard InChI is InChI=1S/C17H13Cl2FNO/c18-13-7-8-15(16-14(19)10-21-17(13)16)22-9-1-2-11-3-5-12(20)6-4-11/h1,3-8,10,21H,2,9H2. The molecule has 3 rings (SSSR count). The van der Waals surface area contributed by atoms with Crippen LogP contribution in [0.15, 0.2) is 42.6 Å². The smallest absolute Gasteiger partial charge is 0.130 e. The number of H-pyrrole nitrogens is 1. The molecule has 0 atom stereocenters. The third-order valence-electron chi connectivity index (χ3n) is 3.35. The zero-order valence-corrected chi connectivity index (χ0v) is 13.1. The van der Waals surface area contributed by atoms with Crippen LogP contribution < -0.4 is 4.74 Å². The molecule has 0 aliphatic heterocycles. The van der Waals surface area contributed by atoms with Crippen LogP contribution in [0.2, 0.25) is 10.0 Å². The Bertz CT molecular complexity index is 783. The lowest BCUT2D eigenvalue weighted by atomic mass is 10.1. The highest BCUT2D eigenvalue weighted by Gasteiger charge is 2.11. The fraction of sp³-hybridized carbons (Fsp3) is 0.118. The molecular weight excluding hydrogens is 324 g/mol. The lowest BCUT2D eigenvalue weighted by Crippen LogP contribution is -2.01. The van der Waals surface area contributed by atoms with Gasteiger partial charge in [0.15, 0.2) is 0 Å². The van der Waals surface area contributed by atoms with Crippen molar-refractivity contribution in [3.05, 3.63) is 70.4 Å². The van der Waals surface area contributed by atoms with Crippen LogP contribution in [0.5, 0.6) is 5.75 Å². The zero-order chi connectivity index (χ0) is 15.5. The maximum atomic E-state index is 12.8. The first-order valence-corrected chi connectivity index (χ1v) is 7.55. The first-order valence-electron chi connectivity index (χ1n) is 6.79. The predicted molar refractivity (Wildman–Crippen MR) is 88.2 cm³/mol. The van der Waals surface area contributed by atoms with E-state index < -0.39 is 0 Å². The second-order valence-corrected chi connectivity index (χ2v) is 5.68. The SMILES string of the molecule is Fc1ccc(C[CH]COc2ccc(Cl)c3[nH]cc(Cl)c23)cc1. The number of nitrogens with one attached hydrogen (secondary N) is 1. The fourth-order valence-corrected chi connectivity index (χ4v) is 2.71. The van der Waals surface area contributed by atoms with E-state index in [0.29, 0.717) is 28.8 Å². The van der Waals surface area contributed by atoms with Crippen molar-refractivity contribution in [2.75, 3.05) is 6.61 Å². The summed E-state index contributed by atoms with van der Waals surface area (Å²) < 4.78 is 18.6. The van der Waals surface area contributed by atoms with Crippen molar-refractivity contribution in [1.29, 1.82) is 0 Å². The molecule has 1 radical (unpaired) electrons. The molecule has 1 heterocycles. The maximum absolute atomic E-state index is 12.8. The minimum absolute atomic E-state index is 0.231. The Kier molecular flexibility index (Phi) is 4.55. The molecule has 3 aromatic rings. The molecule has 0 aliphatic rings. The zero-order valence-electron chi connectivity index (χ0n) is 11.6. The van der Waals surface area contributed by atoms with Gasteiger partial charge in [0, 0.05) is 12.6 Å². The number of aromatic amines is 1. The quantitative estimate of drug-likeness (QED) is 0.616. The van der Waals surface area contributed by atoms with Gasteiger partial charge >= 0.3 is 0 Å². The summed E-state index contributed by atoms with van der Waals surface area (Å²) in [5, 5.41) is 1.96. The molecule has 1 N–H and O–H groups in total. The van der Waals surface area contributed by atoms with Crippen molar-refractivity contribution >= 4 is 34.1 Å². The molecular formula is C17H13Cl2FNO. The molecule has 0 saturated heterocycles. The minimum atomic E-state index is -0.231. The highest BCUT2D eigenvalue weighted by molar-refractivity contribution is 6.40. The summed E-state index contributed by atoms with van der Waals surface area (Å²) in [6, 6.07) is 9.99. The highest BCUT2D eigenvalue weighted by Crippen LogP contribution is 2.36. The van der Waals surface area contributed by atoms with Gasteiger partial charge in [-0.3, -0.25) is 0 Å². The van der Waals surface area contributed by atoms with Gasteiger partial charge in [-0.1, -0.05) is 35.3 Å². The minimum Gasteiger partial charge on any atom is -0.493 e. The van der Waals surface area contributed by atoms with Gasteiger partial charge in [0.25, 0.3) is 0 Å². The van der Waals surface area contributed by atoms with E-state index in [9.17, 15) is 4.39 Å². The molecule has 0 spiro atoms. The molecule has 22 heavy (non-hydrogen) atoms. The molecule has 0 saturated carbocycles. The van der Waals surface area contributed by atoms with Crippen molar-refractivity contribution in [2.24, 2.45) is 0 Å². The summed E-state index contributed by atoms with van der Waals surface area (Å²) >= 11 is 12.3. The van der Waals surface area contributed by atoms with Crippen molar-refractivity contribution in [3.63, 3.8) is 0 Å². The highest BCUT2D eigenvalue weighted by atomic mass is 35.5. The molecule has 1 aromatic heterocycles. The summed E-state index contributed by atoms with van der Waals surface area (Å²) in [5.41, 5.74) is 1.80. The third-order valence-corrected chi connectivity index (χ3v) is 3.96. The van der Waals surface area contributed by atoms with Gasteiger partial charge in [0.05, 0.1) is 27.6 Å². The summed E-state index contributed by atoms with van der Waals surface area (Å²) in [6.45, 7) is 0.426. The predicted octanol–water partition coefficient (Wildman–Crippen LogP) is 5.44. The number of benzene rings is 2. The molecule has 0 amide bonds. The van der Waals surface area contributed by atoms with Gasteiger partial charge < -0.3 is 9.72 Å². The van der Waals surface area contributed by atoms with E-state index in [1.807, 2.05) is 6.42 Å². The van der Waals surface area contributed by atoms with Crippen LogP contribution in [0.4, 0.5) is 4.39 Å². The van der Waals surface area contributed by atoms with Crippen LogP contribution in [0, 0.1) is 12.2 Å². The van der Waals surface area contributed by atoms with Crippen molar-refractivity contribution in [3.8, 4) is 5.75 Å². The van der Waals surface area contributed by atoms with Gasteiger partial charge in [-0.25, -0.2) is 4.39 Å². The van der Waals surface area contributed by atoms with Gasteiger partial charge in [0.1, 0.15) is 11.6 Å². The van der Waals surface area contributed by atoms with Crippen LogP contribution in [-0.4, -0.2) is 11.6 Å². The topological polar surface area (TPSA) is 25.0 Å². The number of fused-ring (bicyclic) bond motifs is 1. The monoisotopic (exact) mass is 336 g/mol. The van der Waals surface area contributed by atoms with E-state index in [4.69, 9.17) is 27.9 Å². The molecule has 0 fully saturated rings. The van der Waals surface area contributed by atoms with Crippen molar-refractivity contribution in [1.82, 2.24) is 4.98 Å². The van der Waals surface area contributed by atoms with E-state index in [1.54, 1.807) is 30.5 Å². The lowest BCUT2D eigenvalue weighted by molar-refractivity contribution is 0.350. The Morgan fingerprint density at radius 2 is 1.82 bits per heavy atom. The first-order chi connectivity index (χ1) is 10.6. The Morgan fingerprint density at radius 1 is 1.05 bits per heavy atom. The van der Waals surface area contributed by atoms with E-state index in [2.05, 4.69) is 4.98 Å². The largest absolute Gasteiger partial charge is 0.493 e. The van der Waals surface area contributed by atoms with Crippen molar-refractivity contribution in [2.45, 2.75) is 6.42 Å². The van der Waals surface area contributed by atoms with Crippen LogP contribution >= 0.6 is 23.2 Å². The molecule has 0 bridgehead atoms. The maximum Gasteiger partial charge on any atom is 0.130 e. The molecule has 2 nitrogen and oxygen atoms in total. The number of halogens is 3. The fourth-order valence-electron chi connectivity index (χ4n) is 2.26. The van der Waals surface area contributed by atoms with Crippen LogP contribution in [0.25, 0.3) is 10.9 Å². The Balaban J connectivity index is 1.63. The first kappa shape index (κ1) is 15.2. The molecule has 0 unspecified atom stereocenters. The van der Waals surface area contributed by atoms with E-state index >= 15 is 0 Å². The van der Waals surface area contributed by atoms with Gasteiger partial charge in [-0.15, -0.1) is 0 Å².